The Morgan fingerprint density at radius 2 is 2.05 bits per heavy atom. The summed E-state index contributed by atoms with van der Waals surface area (Å²) in [5, 5.41) is 15.1. The molecule has 0 bridgehead atoms. The van der Waals surface area contributed by atoms with Crippen LogP contribution in [0, 0.1) is 11.7 Å². The molecule has 3 N–H and O–H groups in total. The van der Waals surface area contributed by atoms with Crippen LogP contribution in [0.5, 0.6) is 0 Å². The van der Waals surface area contributed by atoms with Gasteiger partial charge in [-0.3, -0.25) is 0 Å². The van der Waals surface area contributed by atoms with Gasteiger partial charge < -0.3 is 15.7 Å². The summed E-state index contributed by atoms with van der Waals surface area (Å²) in [6.45, 7) is 4.12. The zero-order chi connectivity index (χ0) is 15.1. The number of nitrogens with one attached hydrogen (secondary N) is 2. The lowest BCUT2D eigenvalue weighted by molar-refractivity contribution is 0.104. The average Bonchev–Trinajstić information content (AvgIpc) is 2.42. The highest BCUT2D eigenvalue weighted by Gasteiger charge is 2.16. The Hall–Kier alpha value is -1.33. The molecule has 6 heteroatoms. The maximum absolute atomic E-state index is 13.0. The Bertz CT molecular complexity index is 453. The van der Waals surface area contributed by atoms with Crippen LogP contribution in [0.3, 0.4) is 0 Å². The highest BCUT2D eigenvalue weighted by atomic mass is 35.5. The normalized spacial score (nSPS) is 12.3. The van der Waals surface area contributed by atoms with Crippen LogP contribution in [0.4, 0.5) is 14.9 Å². The van der Waals surface area contributed by atoms with Crippen LogP contribution < -0.4 is 10.6 Å². The second kappa shape index (κ2) is 8.07. The molecule has 0 fully saturated rings. The minimum atomic E-state index is -0.598. The average molecular weight is 303 g/mol. The predicted octanol–water partition coefficient (Wildman–Crippen LogP) is 3.40. The molecule has 0 saturated carbocycles. The molecule has 0 aliphatic carbocycles. The fourth-order valence-corrected chi connectivity index (χ4v) is 2.12. The van der Waals surface area contributed by atoms with Gasteiger partial charge in [0.15, 0.2) is 0 Å². The van der Waals surface area contributed by atoms with Crippen molar-refractivity contribution in [2.75, 3.05) is 11.9 Å². The molecule has 1 aromatic rings. The van der Waals surface area contributed by atoms with Crippen molar-refractivity contribution in [3.8, 4) is 0 Å². The summed E-state index contributed by atoms with van der Waals surface area (Å²) >= 11 is 5.84. The van der Waals surface area contributed by atoms with Crippen LogP contribution in [0.25, 0.3) is 0 Å². The minimum Gasteiger partial charge on any atom is -0.391 e. The van der Waals surface area contributed by atoms with E-state index in [9.17, 15) is 14.3 Å². The highest BCUT2D eigenvalue weighted by molar-refractivity contribution is 6.33. The number of hydrogen-bond acceptors (Lipinski definition) is 2. The molecule has 0 spiro atoms. The number of benzene rings is 1. The molecule has 20 heavy (non-hydrogen) atoms. The van der Waals surface area contributed by atoms with E-state index in [1.54, 1.807) is 0 Å². The zero-order valence-electron chi connectivity index (χ0n) is 11.6. The molecule has 1 unspecified atom stereocenters. The van der Waals surface area contributed by atoms with Crippen molar-refractivity contribution in [3.05, 3.63) is 29.0 Å². The van der Waals surface area contributed by atoms with Crippen molar-refractivity contribution in [1.82, 2.24) is 5.32 Å². The molecule has 1 aromatic carbocycles. The lowest BCUT2D eigenvalue weighted by atomic mass is 9.97. The minimum absolute atomic E-state index is 0.144. The third-order valence-electron chi connectivity index (χ3n) is 3.24. The summed E-state index contributed by atoms with van der Waals surface area (Å²) in [7, 11) is 0. The summed E-state index contributed by atoms with van der Waals surface area (Å²) in [5.41, 5.74) is 0.196. The first-order chi connectivity index (χ1) is 9.47. The van der Waals surface area contributed by atoms with E-state index in [2.05, 4.69) is 10.6 Å². The van der Waals surface area contributed by atoms with Gasteiger partial charge in [-0.05, 0) is 24.1 Å². The van der Waals surface area contributed by atoms with E-state index in [1.165, 1.54) is 12.1 Å². The summed E-state index contributed by atoms with van der Waals surface area (Å²) in [6.07, 6.45) is 1.09. The Morgan fingerprint density at radius 1 is 1.40 bits per heavy atom. The number of carbonyl (C=O) groups excluding carboxylic acids is 1. The van der Waals surface area contributed by atoms with E-state index in [-0.39, 0.29) is 23.2 Å². The quantitative estimate of drug-likeness (QED) is 0.754. The van der Waals surface area contributed by atoms with Gasteiger partial charge in [0, 0.05) is 6.54 Å². The van der Waals surface area contributed by atoms with Crippen molar-refractivity contribution < 1.29 is 14.3 Å². The molecule has 0 heterocycles. The van der Waals surface area contributed by atoms with Gasteiger partial charge in [-0.2, -0.15) is 0 Å². The van der Waals surface area contributed by atoms with Crippen LogP contribution >= 0.6 is 11.6 Å². The third-order valence-corrected chi connectivity index (χ3v) is 3.57. The number of rotatable bonds is 6. The van der Waals surface area contributed by atoms with Crippen LogP contribution in [0.15, 0.2) is 18.2 Å². The molecular weight excluding hydrogens is 283 g/mol. The molecule has 1 rings (SSSR count). The largest absolute Gasteiger partial charge is 0.391 e. The first kappa shape index (κ1) is 16.7. The molecule has 1 atom stereocenters. The molecule has 0 aromatic heterocycles. The van der Waals surface area contributed by atoms with Crippen molar-refractivity contribution >= 4 is 23.3 Å². The molecule has 0 radical (unpaired) electrons. The van der Waals surface area contributed by atoms with Gasteiger partial charge >= 0.3 is 6.03 Å². The van der Waals surface area contributed by atoms with Crippen molar-refractivity contribution in [2.24, 2.45) is 5.92 Å². The number of aliphatic hydroxyl groups is 1. The Balaban J connectivity index is 2.50. The Labute approximate surface area is 123 Å². The Kier molecular flexibility index (Phi) is 6.75. The standard InChI is InChI=1S/C14H20ClFN2O2/c1-3-9(4-2)13(19)8-17-14(20)18-12-7-10(16)5-6-11(12)15/h5-7,9,13,19H,3-4,8H2,1-2H3,(H2,17,18,20). The lowest BCUT2D eigenvalue weighted by Gasteiger charge is -2.20. The monoisotopic (exact) mass is 302 g/mol. The van der Waals surface area contributed by atoms with E-state index < -0.39 is 18.0 Å². The van der Waals surface area contributed by atoms with E-state index in [0.717, 1.165) is 18.9 Å². The summed E-state index contributed by atoms with van der Waals surface area (Å²) < 4.78 is 13.0. The smallest absolute Gasteiger partial charge is 0.319 e. The number of aliphatic hydroxyl groups excluding tert-OH is 1. The van der Waals surface area contributed by atoms with Crippen molar-refractivity contribution in [3.63, 3.8) is 0 Å². The third kappa shape index (κ3) is 4.98. The molecule has 112 valence electrons. The maximum atomic E-state index is 13.0. The molecule has 2 amide bonds. The lowest BCUT2D eigenvalue weighted by Crippen LogP contribution is -2.38. The number of urea groups is 1. The summed E-state index contributed by atoms with van der Waals surface area (Å²) in [5.74, 6) is -0.338. The second-order valence-electron chi connectivity index (χ2n) is 4.60. The van der Waals surface area contributed by atoms with Gasteiger partial charge in [0.2, 0.25) is 0 Å². The van der Waals surface area contributed by atoms with Gasteiger partial charge in [0.05, 0.1) is 16.8 Å². The molecule has 0 saturated heterocycles. The van der Waals surface area contributed by atoms with Crippen LogP contribution in [-0.2, 0) is 0 Å². The van der Waals surface area contributed by atoms with Gasteiger partial charge in [-0.1, -0.05) is 38.3 Å². The summed E-state index contributed by atoms with van der Waals surface area (Å²) in [6, 6.07) is 3.19. The zero-order valence-corrected chi connectivity index (χ0v) is 12.4. The fraction of sp³-hybridized carbons (Fsp3) is 0.500. The van der Waals surface area contributed by atoms with Crippen molar-refractivity contribution in [2.45, 2.75) is 32.8 Å². The van der Waals surface area contributed by atoms with Gasteiger partial charge in [-0.25, -0.2) is 9.18 Å². The Morgan fingerprint density at radius 3 is 2.65 bits per heavy atom. The van der Waals surface area contributed by atoms with Gasteiger partial charge in [0.25, 0.3) is 0 Å². The number of anilines is 1. The van der Waals surface area contributed by atoms with Gasteiger partial charge in [0.1, 0.15) is 5.82 Å². The maximum Gasteiger partial charge on any atom is 0.319 e. The second-order valence-corrected chi connectivity index (χ2v) is 5.01. The first-order valence-electron chi connectivity index (χ1n) is 6.65. The molecular formula is C14H20ClFN2O2. The fourth-order valence-electron chi connectivity index (χ4n) is 1.96. The van der Waals surface area contributed by atoms with E-state index in [1.807, 2.05) is 13.8 Å². The van der Waals surface area contributed by atoms with E-state index in [0.29, 0.717) is 0 Å². The molecule has 0 aliphatic rings. The summed E-state index contributed by atoms with van der Waals surface area (Å²) in [4.78, 5) is 11.7. The highest BCUT2D eigenvalue weighted by Crippen LogP contribution is 2.22. The number of amides is 2. The SMILES string of the molecule is CCC(CC)C(O)CNC(=O)Nc1cc(F)ccc1Cl. The number of halogens is 2. The molecule has 4 nitrogen and oxygen atoms in total. The number of carbonyl (C=O) groups is 1. The van der Waals surface area contributed by atoms with E-state index >= 15 is 0 Å². The van der Waals surface area contributed by atoms with E-state index in [4.69, 9.17) is 11.6 Å². The van der Waals surface area contributed by atoms with Crippen molar-refractivity contribution in [1.29, 1.82) is 0 Å². The van der Waals surface area contributed by atoms with Crippen LogP contribution in [-0.4, -0.2) is 23.8 Å². The predicted molar refractivity (Wildman–Crippen MR) is 78.5 cm³/mol. The van der Waals surface area contributed by atoms with Crippen LogP contribution in [0.2, 0.25) is 5.02 Å². The topological polar surface area (TPSA) is 61.4 Å². The van der Waals surface area contributed by atoms with Crippen LogP contribution in [0.1, 0.15) is 26.7 Å². The van der Waals surface area contributed by atoms with Gasteiger partial charge in [-0.15, -0.1) is 0 Å². The first-order valence-corrected chi connectivity index (χ1v) is 7.03. The molecule has 0 aliphatic heterocycles. The number of hydrogen-bond donors (Lipinski definition) is 3.